The lowest BCUT2D eigenvalue weighted by molar-refractivity contribution is -0.187. The summed E-state index contributed by atoms with van der Waals surface area (Å²) in [6, 6.07) is 10.4. The van der Waals surface area contributed by atoms with Gasteiger partial charge in [-0.2, -0.15) is 18.3 Å². The molecule has 0 spiro atoms. The van der Waals surface area contributed by atoms with Crippen LogP contribution in [0.15, 0.2) is 47.3 Å². The summed E-state index contributed by atoms with van der Waals surface area (Å²) in [5.41, 5.74) is -0.528. The van der Waals surface area contributed by atoms with Crippen molar-refractivity contribution in [3.8, 4) is 5.75 Å². The molecule has 2 aromatic rings. The molecule has 29 heavy (non-hydrogen) atoms. The van der Waals surface area contributed by atoms with Crippen molar-refractivity contribution in [2.45, 2.75) is 44.4 Å². The Hall–Kier alpha value is -2.84. The zero-order valence-electron chi connectivity index (χ0n) is 15.7. The van der Waals surface area contributed by atoms with Crippen LogP contribution >= 0.6 is 0 Å². The topological polar surface area (TPSA) is 73.2 Å². The van der Waals surface area contributed by atoms with E-state index < -0.39 is 29.6 Å². The first kappa shape index (κ1) is 20.9. The Balaban J connectivity index is 1.65. The number of benzene rings is 1. The van der Waals surface area contributed by atoms with Crippen molar-refractivity contribution in [1.29, 1.82) is 0 Å². The number of alkyl halides is 3. The number of amides is 1. The molecule has 1 amide bonds. The van der Waals surface area contributed by atoms with Crippen molar-refractivity contribution < 1.29 is 22.7 Å². The van der Waals surface area contributed by atoms with Crippen LogP contribution in [0.2, 0.25) is 0 Å². The maximum Gasteiger partial charge on any atom is 0.393 e. The zero-order valence-corrected chi connectivity index (χ0v) is 15.7. The first-order chi connectivity index (χ1) is 13.8. The summed E-state index contributed by atoms with van der Waals surface area (Å²) in [4.78, 5) is 24.4. The molecule has 1 N–H and O–H groups in total. The normalized spacial score (nSPS) is 19.6. The van der Waals surface area contributed by atoms with Crippen LogP contribution < -0.4 is 15.6 Å². The molecule has 2 unspecified atom stereocenters. The van der Waals surface area contributed by atoms with Gasteiger partial charge in [-0.25, -0.2) is 4.68 Å². The number of rotatable bonds is 6. The van der Waals surface area contributed by atoms with Crippen LogP contribution in [0.5, 0.6) is 5.75 Å². The molecule has 1 aromatic carbocycles. The van der Waals surface area contributed by atoms with Crippen LogP contribution in [-0.4, -0.2) is 34.5 Å². The van der Waals surface area contributed by atoms with Crippen molar-refractivity contribution in [2.75, 3.05) is 6.61 Å². The Labute approximate surface area is 165 Å². The third-order valence-electron chi connectivity index (χ3n) is 4.92. The van der Waals surface area contributed by atoms with E-state index in [2.05, 4.69) is 10.4 Å². The van der Waals surface area contributed by atoms with E-state index in [1.807, 2.05) is 18.2 Å². The van der Waals surface area contributed by atoms with Gasteiger partial charge in [0.25, 0.3) is 11.5 Å². The van der Waals surface area contributed by atoms with Crippen LogP contribution in [0.3, 0.4) is 0 Å². The van der Waals surface area contributed by atoms with Crippen molar-refractivity contribution in [3.05, 3.63) is 58.5 Å². The van der Waals surface area contributed by atoms with E-state index in [9.17, 15) is 22.8 Å². The minimum Gasteiger partial charge on any atom is -0.492 e. The van der Waals surface area contributed by atoms with Gasteiger partial charge in [-0.05, 0) is 31.0 Å². The van der Waals surface area contributed by atoms with Crippen LogP contribution in [0.25, 0.3) is 0 Å². The van der Waals surface area contributed by atoms with Crippen LogP contribution in [0.4, 0.5) is 13.2 Å². The Bertz CT molecular complexity index is 884. The number of nitrogens with one attached hydrogen (secondary N) is 1. The maximum atomic E-state index is 13.2. The van der Waals surface area contributed by atoms with E-state index in [0.29, 0.717) is 18.6 Å². The molecule has 1 aliphatic carbocycles. The van der Waals surface area contributed by atoms with Gasteiger partial charge in [-0.15, -0.1) is 0 Å². The monoisotopic (exact) mass is 409 g/mol. The number of halogens is 3. The predicted octanol–water partition coefficient (Wildman–Crippen LogP) is 3.17. The number of nitrogens with zero attached hydrogens (tertiary/aromatic N) is 2. The Morgan fingerprint density at radius 3 is 2.59 bits per heavy atom. The quantitative estimate of drug-likeness (QED) is 0.796. The van der Waals surface area contributed by atoms with Gasteiger partial charge in [0.05, 0.1) is 12.5 Å². The first-order valence-corrected chi connectivity index (χ1v) is 9.48. The number of carbonyl (C=O) groups is 1. The van der Waals surface area contributed by atoms with Crippen LogP contribution in [0.1, 0.15) is 36.2 Å². The van der Waals surface area contributed by atoms with E-state index in [1.165, 1.54) is 12.1 Å². The van der Waals surface area contributed by atoms with Crippen molar-refractivity contribution in [2.24, 2.45) is 5.92 Å². The number of aromatic nitrogens is 2. The van der Waals surface area contributed by atoms with Gasteiger partial charge in [-0.1, -0.05) is 31.0 Å². The molecule has 9 heteroatoms. The van der Waals surface area contributed by atoms with E-state index in [4.69, 9.17) is 4.74 Å². The summed E-state index contributed by atoms with van der Waals surface area (Å²) < 4.78 is 46.2. The highest BCUT2D eigenvalue weighted by atomic mass is 19.4. The lowest BCUT2D eigenvalue weighted by Gasteiger charge is -2.33. The van der Waals surface area contributed by atoms with Gasteiger partial charge < -0.3 is 10.1 Å². The van der Waals surface area contributed by atoms with Gasteiger partial charge in [0.2, 0.25) is 0 Å². The molecule has 1 fully saturated rings. The van der Waals surface area contributed by atoms with Gasteiger partial charge in [0.1, 0.15) is 18.1 Å². The number of carbonyl (C=O) groups excluding carboxylic acids is 1. The molecule has 1 saturated carbocycles. The second-order valence-corrected chi connectivity index (χ2v) is 6.95. The zero-order chi connectivity index (χ0) is 20.9. The lowest BCUT2D eigenvalue weighted by atomic mass is 9.84. The summed E-state index contributed by atoms with van der Waals surface area (Å²) in [7, 11) is 0. The largest absolute Gasteiger partial charge is 0.492 e. The van der Waals surface area contributed by atoms with Gasteiger partial charge >= 0.3 is 6.18 Å². The molecule has 0 bridgehead atoms. The van der Waals surface area contributed by atoms with E-state index in [0.717, 1.165) is 4.68 Å². The van der Waals surface area contributed by atoms with E-state index in [1.54, 1.807) is 12.1 Å². The molecule has 156 valence electrons. The Kier molecular flexibility index (Phi) is 6.56. The highest BCUT2D eigenvalue weighted by molar-refractivity contribution is 5.92. The van der Waals surface area contributed by atoms with Crippen LogP contribution in [0, 0.1) is 5.92 Å². The molecular formula is C20H22F3N3O3. The molecule has 3 rings (SSSR count). The summed E-state index contributed by atoms with van der Waals surface area (Å²) in [5, 5.41) is 6.44. The molecule has 0 saturated heterocycles. The molecule has 2 atom stereocenters. The second kappa shape index (κ2) is 9.11. The highest BCUT2D eigenvalue weighted by Crippen LogP contribution is 2.37. The second-order valence-electron chi connectivity index (χ2n) is 6.95. The Morgan fingerprint density at radius 2 is 1.86 bits per heavy atom. The average molecular weight is 409 g/mol. The highest BCUT2D eigenvalue weighted by Gasteiger charge is 2.46. The summed E-state index contributed by atoms with van der Waals surface area (Å²) >= 11 is 0. The number of hydrogen-bond acceptors (Lipinski definition) is 4. The standard InChI is InChI=1S/C20H22F3N3O3/c21-20(22,23)15-8-4-5-9-16(15)24-19(28)17-10-11-18(27)26(25-17)12-13-29-14-6-2-1-3-7-14/h1-3,6-7,10-11,15-16H,4-5,8-9,12-13H2,(H,24,28). The van der Waals surface area contributed by atoms with Gasteiger partial charge in [0.15, 0.2) is 0 Å². The average Bonchev–Trinajstić information content (AvgIpc) is 2.70. The molecule has 0 radical (unpaired) electrons. The van der Waals surface area contributed by atoms with E-state index in [-0.39, 0.29) is 31.7 Å². The smallest absolute Gasteiger partial charge is 0.393 e. The summed E-state index contributed by atoms with van der Waals surface area (Å²) in [6.45, 7) is 0.254. The minimum absolute atomic E-state index is 0.00179. The summed E-state index contributed by atoms with van der Waals surface area (Å²) in [5.74, 6) is -1.65. The first-order valence-electron chi connectivity index (χ1n) is 9.48. The fraction of sp³-hybridized carbons (Fsp3) is 0.450. The fourth-order valence-corrected chi connectivity index (χ4v) is 3.43. The summed E-state index contributed by atoms with van der Waals surface area (Å²) in [6.07, 6.45) is -2.99. The lowest BCUT2D eigenvalue weighted by Crippen LogP contribution is -2.48. The third kappa shape index (κ3) is 5.58. The molecular weight excluding hydrogens is 387 g/mol. The van der Waals surface area contributed by atoms with Gasteiger partial charge in [0, 0.05) is 12.1 Å². The number of hydrogen-bond donors (Lipinski definition) is 1. The SMILES string of the molecule is O=C(NC1CCCCC1C(F)(F)F)c1ccc(=O)n(CCOc2ccccc2)n1. The van der Waals surface area contributed by atoms with E-state index >= 15 is 0 Å². The van der Waals surface area contributed by atoms with Gasteiger partial charge in [-0.3, -0.25) is 9.59 Å². The van der Waals surface area contributed by atoms with Crippen molar-refractivity contribution in [1.82, 2.24) is 15.1 Å². The number of ether oxygens (including phenoxy) is 1. The van der Waals surface area contributed by atoms with Crippen molar-refractivity contribution in [3.63, 3.8) is 0 Å². The van der Waals surface area contributed by atoms with Crippen LogP contribution in [-0.2, 0) is 6.54 Å². The minimum atomic E-state index is -4.36. The molecule has 1 heterocycles. The van der Waals surface area contributed by atoms with Crippen molar-refractivity contribution >= 4 is 5.91 Å². The molecule has 1 aromatic heterocycles. The molecule has 1 aliphatic rings. The maximum absolute atomic E-state index is 13.2. The molecule has 0 aliphatic heterocycles. The Morgan fingerprint density at radius 1 is 1.14 bits per heavy atom. The third-order valence-corrected chi connectivity index (χ3v) is 4.92. The fourth-order valence-electron chi connectivity index (χ4n) is 3.43. The number of para-hydroxylation sites is 1. The molecule has 6 nitrogen and oxygen atoms in total. The predicted molar refractivity (Wildman–Crippen MR) is 99.7 cm³/mol.